The summed E-state index contributed by atoms with van der Waals surface area (Å²) in [6, 6.07) is 8.41. The maximum Gasteiger partial charge on any atom is 0.317 e. The van der Waals surface area contributed by atoms with Crippen LogP contribution in [0.3, 0.4) is 0 Å². The van der Waals surface area contributed by atoms with Gasteiger partial charge in [0.2, 0.25) is 5.91 Å². The van der Waals surface area contributed by atoms with Crippen LogP contribution in [-0.2, 0) is 4.79 Å². The molecule has 0 spiro atoms. The quantitative estimate of drug-likeness (QED) is 0.914. The number of amides is 3. The van der Waals surface area contributed by atoms with Crippen molar-refractivity contribution < 1.29 is 9.59 Å². The molecule has 136 valence electrons. The lowest BCUT2D eigenvalue weighted by Gasteiger charge is -2.23. The van der Waals surface area contributed by atoms with E-state index >= 15 is 0 Å². The minimum absolute atomic E-state index is 0.0137. The molecule has 0 radical (unpaired) electrons. The van der Waals surface area contributed by atoms with Crippen LogP contribution in [-0.4, -0.2) is 54.5 Å². The molecule has 3 amide bonds. The van der Waals surface area contributed by atoms with E-state index in [0.29, 0.717) is 19.6 Å². The van der Waals surface area contributed by atoms with Gasteiger partial charge in [-0.3, -0.25) is 4.79 Å². The minimum Gasteiger partial charge on any atom is -0.341 e. The Kier molecular flexibility index (Phi) is 5.61. The van der Waals surface area contributed by atoms with Gasteiger partial charge in [0.15, 0.2) is 0 Å². The van der Waals surface area contributed by atoms with Crippen LogP contribution in [0.5, 0.6) is 0 Å². The van der Waals surface area contributed by atoms with Gasteiger partial charge in [0.05, 0.1) is 0 Å². The predicted octanol–water partition coefficient (Wildman–Crippen LogP) is 2.75. The number of carbonyl (C=O) groups is 2. The smallest absolute Gasteiger partial charge is 0.317 e. The third-order valence-corrected chi connectivity index (χ3v) is 5.19. The lowest BCUT2D eigenvalue weighted by Crippen LogP contribution is -2.43. The summed E-state index contributed by atoms with van der Waals surface area (Å²) in [6.07, 6.45) is 2.94. The molecule has 1 saturated carbocycles. The van der Waals surface area contributed by atoms with Gasteiger partial charge in [-0.2, -0.15) is 0 Å². The molecule has 0 unspecified atom stereocenters. The van der Waals surface area contributed by atoms with Crippen molar-refractivity contribution in [1.29, 1.82) is 0 Å². The number of urea groups is 1. The van der Waals surface area contributed by atoms with Gasteiger partial charge in [-0.15, -0.1) is 0 Å². The molecule has 1 atom stereocenters. The fraction of sp³-hybridized carbons (Fsp3) is 0.600. The van der Waals surface area contributed by atoms with E-state index < -0.39 is 0 Å². The monoisotopic (exact) mass is 343 g/mol. The molecule has 1 aromatic carbocycles. The van der Waals surface area contributed by atoms with Gasteiger partial charge in [0.1, 0.15) is 0 Å². The van der Waals surface area contributed by atoms with Gasteiger partial charge >= 0.3 is 6.03 Å². The van der Waals surface area contributed by atoms with Gasteiger partial charge < -0.3 is 15.1 Å². The molecule has 0 aromatic heterocycles. The van der Waals surface area contributed by atoms with Gasteiger partial charge in [-0.1, -0.05) is 36.8 Å². The summed E-state index contributed by atoms with van der Waals surface area (Å²) in [5.41, 5.74) is 2.49. The molecule has 2 fully saturated rings. The first-order valence-electron chi connectivity index (χ1n) is 9.42. The lowest BCUT2D eigenvalue weighted by molar-refractivity contribution is -0.132. The number of benzene rings is 1. The van der Waals surface area contributed by atoms with Gasteiger partial charge in [0, 0.05) is 38.6 Å². The third kappa shape index (κ3) is 4.74. The molecule has 1 saturated heterocycles. The van der Waals surface area contributed by atoms with Gasteiger partial charge in [0.25, 0.3) is 0 Å². The summed E-state index contributed by atoms with van der Waals surface area (Å²) in [5.74, 6) is 0.828. The molecule has 3 rings (SSSR count). The number of aryl methyl sites for hydroxylation is 1. The number of hydrogen-bond acceptors (Lipinski definition) is 2. The molecule has 1 N–H and O–H groups in total. The molecule has 1 aliphatic heterocycles. The Hall–Kier alpha value is -2.04. The maximum atomic E-state index is 12.5. The number of nitrogens with zero attached hydrogens (tertiary/aromatic N) is 2. The molecule has 5 nitrogen and oxygen atoms in total. The van der Waals surface area contributed by atoms with E-state index in [9.17, 15) is 9.59 Å². The zero-order valence-corrected chi connectivity index (χ0v) is 15.3. The second-order valence-corrected chi connectivity index (χ2v) is 7.44. The topological polar surface area (TPSA) is 52.7 Å². The Labute approximate surface area is 150 Å². The Morgan fingerprint density at radius 2 is 1.88 bits per heavy atom. The number of hydrogen-bond donors (Lipinski definition) is 1. The molecule has 5 heteroatoms. The van der Waals surface area contributed by atoms with E-state index in [0.717, 1.165) is 32.4 Å². The molecule has 1 aliphatic carbocycles. The molecule has 1 heterocycles. The van der Waals surface area contributed by atoms with Crippen molar-refractivity contribution in [3.63, 3.8) is 0 Å². The van der Waals surface area contributed by atoms with Crippen molar-refractivity contribution in [1.82, 2.24) is 15.1 Å². The first kappa shape index (κ1) is 17.8. The molecule has 2 aliphatic rings. The van der Waals surface area contributed by atoms with Crippen LogP contribution in [0.4, 0.5) is 4.79 Å². The highest BCUT2D eigenvalue weighted by molar-refractivity contribution is 5.81. The van der Waals surface area contributed by atoms with Crippen molar-refractivity contribution in [2.24, 2.45) is 5.92 Å². The maximum absolute atomic E-state index is 12.5. The molecule has 0 bridgehead atoms. The highest BCUT2D eigenvalue weighted by atomic mass is 16.2. The first-order chi connectivity index (χ1) is 12.0. The van der Waals surface area contributed by atoms with Crippen LogP contribution in [0, 0.1) is 12.8 Å². The fourth-order valence-electron chi connectivity index (χ4n) is 3.38. The lowest BCUT2D eigenvalue weighted by atomic mass is 9.99. The van der Waals surface area contributed by atoms with E-state index in [1.165, 1.54) is 11.1 Å². The Morgan fingerprint density at radius 3 is 2.60 bits per heavy atom. The van der Waals surface area contributed by atoms with Gasteiger partial charge in [-0.25, -0.2) is 4.79 Å². The molecular formula is C20H29N3O2. The number of nitrogens with one attached hydrogen (secondary N) is 1. The largest absolute Gasteiger partial charge is 0.341 e. The molecular weight excluding hydrogens is 314 g/mol. The Balaban J connectivity index is 1.47. The highest BCUT2D eigenvalue weighted by Gasteiger charge is 2.34. The normalized spacial score (nSPS) is 19.3. The van der Waals surface area contributed by atoms with Crippen molar-refractivity contribution >= 4 is 11.9 Å². The second kappa shape index (κ2) is 7.89. The van der Waals surface area contributed by atoms with E-state index in [-0.39, 0.29) is 23.8 Å². The van der Waals surface area contributed by atoms with E-state index in [1.54, 1.807) is 0 Å². The first-order valence-corrected chi connectivity index (χ1v) is 9.42. The van der Waals surface area contributed by atoms with E-state index in [1.807, 2.05) is 9.80 Å². The zero-order chi connectivity index (χ0) is 17.8. The van der Waals surface area contributed by atoms with Crippen LogP contribution in [0.15, 0.2) is 24.3 Å². The summed E-state index contributed by atoms with van der Waals surface area (Å²) < 4.78 is 0. The second-order valence-electron chi connectivity index (χ2n) is 7.44. The van der Waals surface area contributed by atoms with E-state index in [4.69, 9.17) is 0 Å². The average molecular weight is 343 g/mol. The standard InChI is InChI=1S/C20H29N3O2/c1-15-5-3-6-18(13-15)16(2)14-21-20(25)23-10-4-9-22(11-12-23)19(24)17-7-8-17/h3,5-6,13,16-17H,4,7-12,14H2,1-2H3,(H,21,25)/t16-/m1/s1. The van der Waals surface area contributed by atoms with Crippen LogP contribution in [0.1, 0.15) is 43.2 Å². The molecule has 1 aromatic rings. The van der Waals surface area contributed by atoms with Crippen LogP contribution in [0.25, 0.3) is 0 Å². The van der Waals surface area contributed by atoms with Crippen LogP contribution < -0.4 is 5.32 Å². The van der Waals surface area contributed by atoms with Crippen molar-refractivity contribution in [2.75, 3.05) is 32.7 Å². The number of rotatable bonds is 4. The van der Waals surface area contributed by atoms with Crippen molar-refractivity contribution in [3.05, 3.63) is 35.4 Å². The van der Waals surface area contributed by atoms with Crippen molar-refractivity contribution in [2.45, 2.75) is 39.0 Å². The molecule has 25 heavy (non-hydrogen) atoms. The van der Waals surface area contributed by atoms with Crippen LogP contribution in [0.2, 0.25) is 0 Å². The summed E-state index contributed by atoms with van der Waals surface area (Å²) >= 11 is 0. The SMILES string of the molecule is Cc1cccc([C@H](C)CNC(=O)N2CCCN(C(=O)C3CC3)CC2)c1. The summed E-state index contributed by atoms with van der Waals surface area (Å²) in [5, 5.41) is 3.06. The predicted molar refractivity (Wildman–Crippen MR) is 98.5 cm³/mol. The number of carbonyl (C=O) groups excluding carboxylic acids is 2. The third-order valence-electron chi connectivity index (χ3n) is 5.19. The highest BCUT2D eigenvalue weighted by Crippen LogP contribution is 2.31. The fourth-order valence-corrected chi connectivity index (χ4v) is 3.38. The summed E-state index contributed by atoms with van der Waals surface area (Å²) in [7, 11) is 0. The van der Waals surface area contributed by atoms with Gasteiger partial charge in [-0.05, 0) is 37.7 Å². The van der Waals surface area contributed by atoms with Crippen LogP contribution >= 0.6 is 0 Å². The summed E-state index contributed by atoms with van der Waals surface area (Å²) in [4.78, 5) is 28.5. The Morgan fingerprint density at radius 1 is 1.16 bits per heavy atom. The minimum atomic E-state index is -0.0137. The summed E-state index contributed by atoms with van der Waals surface area (Å²) in [6.45, 7) is 7.63. The zero-order valence-electron chi connectivity index (χ0n) is 15.3. The van der Waals surface area contributed by atoms with Crippen molar-refractivity contribution in [3.8, 4) is 0 Å². The average Bonchev–Trinajstić information content (AvgIpc) is 3.45. The van der Waals surface area contributed by atoms with E-state index in [2.05, 4.69) is 43.4 Å². The Bertz CT molecular complexity index is 627.